The van der Waals surface area contributed by atoms with Gasteiger partial charge in [0.2, 0.25) is 0 Å². The van der Waals surface area contributed by atoms with Crippen molar-refractivity contribution in [3.8, 4) is 0 Å². The molecule has 0 aliphatic heterocycles. The number of benzene rings is 1. The van der Waals surface area contributed by atoms with Gasteiger partial charge >= 0.3 is 0 Å². The third kappa shape index (κ3) is 2.62. The van der Waals surface area contributed by atoms with Gasteiger partial charge < -0.3 is 5.11 Å². The molecule has 3 aromatic rings. The first-order chi connectivity index (χ1) is 9.24. The molecular weight excluding hydrogens is 353 g/mol. The van der Waals surface area contributed by atoms with Crippen molar-refractivity contribution in [2.24, 2.45) is 0 Å². The van der Waals surface area contributed by atoms with Gasteiger partial charge in [-0.2, -0.15) is 5.10 Å². The van der Waals surface area contributed by atoms with Crippen LogP contribution >= 0.6 is 22.6 Å². The zero-order chi connectivity index (χ0) is 13.2. The molecule has 96 valence electrons. The molecule has 0 fully saturated rings. The highest BCUT2D eigenvalue weighted by atomic mass is 127. The number of aromatic nitrogens is 3. The van der Waals surface area contributed by atoms with Gasteiger partial charge in [0.25, 0.3) is 0 Å². The number of rotatable bonds is 3. The lowest BCUT2D eigenvalue weighted by Gasteiger charge is -2.09. The first-order valence-electron chi connectivity index (χ1n) is 5.94. The second-order valence-electron chi connectivity index (χ2n) is 4.35. The predicted molar refractivity (Wildman–Crippen MR) is 80.8 cm³/mol. The largest absolute Gasteiger partial charge is 0.388 e. The van der Waals surface area contributed by atoms with Crippen LogP contribution in [0.1, 0.15) is 17.2 Å². The fraction of sp³-hybridized carbons (Fsp3) is 0.143. The Bertz CT molecular complexity index is 693. The minimum atomic E-state index is -0.568. The van der Waals surface area contributed by atoms with E-state index in [-0.39, 0.29) is 0 Å². The normalized spacial score (nSPS) is 12.7. The lowest BCUT2D eigenvalue weighted by Crippen LogP contribution is -2.01. The Balaban J connectivity index is 1.87. The van der Waals surface area contributed by atoms with E-state index in [2.05, 4.69) is 32.7 Å². The van der Waals surface area contributed by atoms with Gasteiger partial charge in [-0.05, 0) is 40.3 Å². The highest BCUT2D eigenvalue weighted by Gasteiger charge is 2.14. The zero-order valence-corrected chi connectivity index (χ0v) is 12.2. The van der Waals surface area contributed by atoms with Crippen LogP contribution in [-0.2, 0) is 6.42 Å². The minimum Gasteiger partial charge on any atom is -0.388 e. The molecule has 5 heteroatoms. The van der Waals surface area contributed by atoms with E-state index >= 15 is 0 Å². The molecule has 1 N–H and O–H groups in total. The molecule has 2 aromatic heterocycles. The Morgan fingerprint density at radius 1 is 1.21 bits per heavy atom. The maximum absolute atomic E-state index is 10.3. The molecule has 0 amide bonds. The van der Waals surface area contributed by atoms with E-state index < -0.39 is 6.10 Å². The van der Waals surface area contributed by atoms with Crippen LogP contribution in [0.5, 0.6) is 0 Å². The molecule has 0 saturated carbocycles. The van der Waals surface area contributed by atoms with Crippen LogP contribution in [0.3, 0.4) is 0 Å². The number of nitrogens with zero attached hydrogens (tertiary/aromatic N) is 3. The van der Waals surface area contributed by atoms with Crippen LogP contribution in [0.4, 0.5) is 0 Å². The summed E-state index contributed by atoms with van der Waals surface area (Å²) in [7, 11) is 0. The molecule has 0 aliphatic rings. The summed E-state index contributed by atoms with van der Waals surface area (Å²) in [6.45, 7) is 0. The van der Waals surface area contributed by atoms with Gasteiger partial charge in [-0.1, -0.05) is 12.1 Å². The first kappa shape index (κ1) is 12.6. The van der Waals surface area contributed by atoms with Gasteiger partial charge in [-0.25, -0.2) is 4.52 Å². The third-order valence-corrected chi connectivity index (χ3v) is 3.78. The standard InChI is InChI=1S/C14H12IN3O/c15-11-3-1-10(2-4-11)7-14(19)12-8-17-18-6-5-16-9-13(12)18/h1-6,8-9,14,19H,7H2. The quantitative estimate of drug-likeness (QED) is 0.726. The van der Waals surface area contributed by atoms with Crippen LogP contribution in [0.25, 0.3) is 5.52 Å². The summed E-state index contributed by atoms with van der Waals surface area (Å²) in [6.07, 6.45) is 6.88. The fourth-order valence-corrected chi connectivity index (χ4v) is 2.42. The van der Waals surface area contributed by atoms with Gasteiger partial charge in [0.15, 0.2) is 0 Å². The van der Waals surface area contributed by atoms with E-state index in [4.69, 9.17) is 0 Å². The number of hydrogen-bond acceptors (Lipinski definition) is 3. The van der Waals surface area contributed by atoms with Gasteiger partial charge in [-0.3, -0.25) is 4.98 Å². The fourth-order valence-electron chi connectivity index (χ4n) is 2.06. The summed E-state index contributed by atoms with van der Waals surface area (Å²) in [5.41, 5.74) is 2.77. The molecule has 19 heavy (non-hydrogen) atoms. The lowest BCUT2D eigenvalue weighted by molar-refractivity contribution is 0.180. The highest BCUT2D eigenvalue weighted by Crippen LogP contribution is 2.22. The van der Waals surface area contributed by atoms with E-state index in [0.29, 0.717) is 6.42 Å². The molecule has 0 radical (unpaired) electrons. The SMILES string of the molecule is OC(Cc1ccc(I)cc1)c1cnn2ccncc12. The van der Waals surface area contributed by atoms with E-state index in [1.54, 1.807) is 29.3 Å². The van der Waals surface area contributed by atoms with Crippen LogP contribution in [0.2, 0.25) is 0 Å². The molecule has 3 rings (SSSR count). The molecule has 1 unspecified atom stereocenters. The van der Waals surface area contributed by atoms with Crippen LogP contribution in [-0.4, -0.2) is 19.7 Å². The predicted octanol–water partition coefficient (Wildman–Crippen LogP) is 2.61. The maximum Gasteiger partial charge on any atom is 0.0903 e. The summed E-state index contributed by atoms with van der Waals surface area (Å²) in [5, 5.41) is 14.6. The van der Waals surface area contributed by atoms with E-state index in [9.17, 15) is 5.11 Å². The van der Waals surface area contributed by atoms with Crippen LogP contribution in [0, 0.1) is 3.57 Å². The molecule has 1 aromatic carbocycles. The Hall–Kier alpha value is -1.47. The highest BCUT2D eigenvalue weighted by molar-refractivity contribution is 14.1. The lowest BCUT2D eigenvalue weighted by atomic mass is 10.0. The maximum atomic E-state index is 10.3. The molecule has 4 nitrogen and oxygen atoms in total. The van der Waals surface area contributed by atoms with Crippen molar-refractivity contribution in [1.29, 1.82) is 0 Å². The number of halogens is 1. The second-order valence-corrected chi connectivity index (χ2v) is 5.60. The van der Waals surface area contributed by atoms with E-state index in [1.165, 1.54) is 3.57 Å². The smallest absolute Gasteiger partial charge is 0.0903 e. The Kier molecular flexibility index (Phi) is 3.48. The number of aliphatic hydroxyl groups excluding tert-OH is 1. The van der Waals surface area contributed by atoms with Crippen LogP contribution in [0.15, 0.2) is 49.1 Å². The number of fused-ring (bicyclic) bond motifs is 1. The Morgan fingerprint density at radius 3 is 2.79 bits per heavy atom. The summed E-state index contributed by atoms with van der Waals surface area (Å²) >= 11 is 2.27. The van der Waals surface area contributed by atoms with Crippen molar-refractivity contribution in [3.05, 3.63) is 63.7 Å². The van der Waals surface area contributed by atoms with Crippen molar-refractivity contribution in [1.82, 2.24) is 14.6 Å². The monoisotopic (exact) mass is 365 g/mol. The van der Waals surface area contributed by atoms with Crippen molar-refractivity contribution in [2.45, 2.75) is 12.5 Å². The van der Waals surface area contributed by atoms with E-state index in [0.717, 1.165) is 16.6 Å². The molecule has 1 atom stereocenters. The molecule has 2 heterocycles. The van der Waals surface area contributed by atoms with Crippen molar-refractivity contribution < 1.29 is 5.11 Å². The summed E-state index contributed by atoms with van der Waals surface area (Å²) in [4.78, 5) is 4.07. The van der Waals surface area contributed by atoms with Gasteiger partial charge in [0, 0.05) is 27.9 Å². The average molecular weight is 365 g/mol. The minimum absolute atomic E-state index is 0.568. The molecule has 0 bridgehead atoms. The van der Waals surface area contributed by atoms with E-state index in [1.807, 2.05) is 24.3 Å². The Morgan fingerprint density at radius 2 is 2.00 bits per heavy atom. The molecule has 0 saturated heterocycles. The third-order valence-electron chi connectivity index (χ3n) is 3.06. The summed E-state index contributed by atoms with van der Waals surface area (Å²) in [6, 6.07) is 8.16. The summed E-state index contributed by atoms with van der Waals surface area (Å²) < 4.78 is 2.91. The molecular formula is C14H12IN3O. The van der Waals surface area contributed by atoms with Crippen molar-refractivity contribution in [2.75, 3.05) is 0 Å². The van der Waals surface area contributed by atoms with Crippen LogP contribution < -0.4 is 0 Å². The van der Waals surface area contributed by atoms with Gasteiger partial charge in [0.1, 0.15) is 0 Å². The Labute approximate surface area is 124 Å². The summed E-state index contributed by atoms with van der Waals surface area (Å²) in [5.74, 6) is 0. The first-order valence-corrected chi connectivity index (χ1v) is 7.01. The number of hydrogen-bond donors (Lipinski definition) is 1. The second kappa shape index (κ2) is 5.26. The topological polar surface area (TPSA) is 50.4 Å². The van der Waals surface area contributed by atoms with Crippen molar-refractivity contribution >= 4 is 28.1 Å². The number of aliphatic hydroxyl groups is 1. The van der Waals surface area contributed by atoms with Gasteiger partial charge in [-0.15, -0.1) is 0 Å². The zero-order valence-electron chi connectivity index (χ0n) is 10.1. The van der Waals surface area contributed by atoms with Gasteiger partial charge in [0.05, 0.1) is 24.0 Å². The average Bonchev–Trinajstić information content (AvgIpc) is 2.85. The van der Waals surface area contributed by atoms with Crippen molar-refractivity contribution in [3.63, 3.8) is 0 Å². The molecule has 0 spiro atoms. The molecule has 0 aliphatic carbocycles.